The van der Waals surface area contributed by atoms with Gasteiger partial charge in [-0.15, -0.1) is 0 Å². The quantitative estimate of drug-likeness (QED) is 0.697. The van der Waals surface area contributed by atoms with Crippen LogP contribution in [0.15, 0.2) is 12.1 Å². The zero-order chi connectivity index (χ0) is 11.5. The smallest absolute Gasteiger partial charge is 0.162 e. The maximum atomic E-state index is 9.75. The van der Waals surface area contributed by atoms with Crippen LogP contribution in [0.5, 0.6) is 11.5 Å². The molecule has 0 aliphatic carbocycles. The van der Waals surface area contributed by atoms with Crippen molar-refractivity contribution in [2.75, 3.05) is 6.54 Å². The van der Waals surface area contributed by atoms with Crippen molar-refractivity contribution in [2.45, 2.75) is 31.7 Å². The first-order chi connectivity index (χ1) is 7.68. The lowest BCUT2D eigenvalue weighted by Crippen LogP contribution is -2.35. The van der Waals surface area contributed by atoms with Gasteiger partial charge in [0.15, 0.2) is 11.5 Å². The highest BCUT2D eigenvalue weighted by molar-refractivity contribution is 6.31. The van der Waals surface area contributed by atoms with Gasteiger partial charge in [-0.1, -0.05) is 18.0 Å². The Labute approximate surface area is 100 Å². The predicted octanol–water partition coefficient (Wildman–Crippen LogP) is 2.44. The van der Waals surface area contributed by atoms with Crippen molar-refractivity contribution < 1.29 is 10.2 Å². The van der Waals surface area contributed by atoms with Crippen molar-refractivity contribution in [1.29, 1.82) is 0 Å². The molecule has 0 radical (unpaired) electrons. The van der Waals surface area contributed by atoms with E-state index in [-0.39, 0.29) is 11.5 Å². The summed E-state index contributed by atoms with van der Waals surface area (Å²) in [5.41, 5.74) is 0.640. The zero-order valence-corrected chi connectivity index (χ0v) is 9.80. The molecule has 0 aromatic heterocycles. The van der Waals surface area contributed by atoms with E-state index in [1.807, 2.05) is 0 Å². The number of hydrogen-bond donors (Lipinski definition) is 3. The van der Waals surface area contributed by atoms with Crippen molar-refractivity contribution in [3.05, 3.63) is 22.7 Å². The first-order valence-electron chi connectivity index (χ1n) is 5.61. The molecule has 0 amide bonds. The minimum atomic E-state index is -0.102. The number of piperidine rings is 1. The van der Waals surface area contributed by atoms with E-state index >= 15 is 0 Å². The van der Waals surface area contributed by atoms with Gasteiger partial charge in [0.2, 0.25) is 0 Å². The molecule has 1 fully saturated rings. The first kappa shape index (κ1) is 11.6. The average molecular weight is 242 g/mol. The van der Waals surface area contributed by atoms with E-state index in [0.717, 1.165) is 13.0 Å². The van der Waals surface area contributed by atoms with Gasteiger partial charge >= 0.3 is 0 Å². The van der Waals surface area contributed by atoms with Crippen molar-refractivity contribution in [3.63, 3.8) is 0 Å². The van der Waals surface area contributed by atoms with Crippen LogP contribution >= 0.6 is 11.6 Å². The molecule has 1 aromatic rings. The van der Waals surface area contributed by atoms with Crippen LogP contribution in [-0.4, -0.2) is 22.8 Å². The number of nitrogens with one attached hydrogen (secondary N) is 1. The maximum Gasteiger partial charge on any atom is 0.162 e. The largest absolute Gasteiger partial charge is 0.504 e. The van der Waals surface area contributed by atoms with Gasteiger partial charge in [0.25, 0.3) is 0 Å². The summed E-state index contributed by atoms with van der Waals surface area (Å²) in [5, 5.41) is 23.1. The number of phenolic OH excluding ortho intramolecular Hbond substituents is 2. The molecule has 3 N–H and O–H groups in total. The normalized spacial score (nSPS) is 20.9. The summed E-state index contributed by atoms with van der Waals surface area (Å²) in [5.74, 6) is -0.185. The summed E-state index contributed by atoms with van der Waals surface area (Å²) in [7, 11) is 0. The third kappa shape index (κ3) is 2.42. The van der Waals surface area contributed by atoms with Crippen molar-refractivity contribution in [3.8, 4) is 11.5 Å². The molecule has 0 spiro atoms. The monoisotopic (exact) mass is 241 g/mol. The second kappa shape index (κ2) is 4.93. The van der Waals surface area contributed by atoms with Gasteiger partial charge in [-0.2, -0.15) is 0 Å². The van der Waals surface area contributed by atoms with Crippen LogP contribution in [-0.2, 0) is 6.42 Å². The second-order valence-electron chi connectivity index (χ2n) is 4.24. The van der Waals surface area contributed by atoms with Crippen LogP contribution in [0.4, 0.5) is 0 Å². The van der Waals surface area contributed by atoms with E-state index in [4.69, 9.17) is 11.6 Å². The Bertz CT molecular complexity index is 376. The molecule has 1 unspecified atom stereocenters. The molecule has 1 aliphatic heterocycles. The molecule has 0 bridgehead atoms. The minimum absolute atomic E-state index is 0.0835. The van der Waals surface area contributed by atoms with Gasteiger partial charge in [-0.05, 0) is 37.9 Å². The number of aromatic hydroxyl groups is 2. The minimum Gasteiger partial charge on any atom is -0.504 e. The molecule has 1 aromatic carbocycles. The molecule has 2 rings (SSSR count). The Morgan fingerprint density at radius 1 is 1.31 bits per heavy atom. The van der Waals surface area contributed by atoms with Crippen molar-refractivity contribution in [1.82, 2.24) is 5.32 Å². The number of phenols is 2. The summed E-state index contributed by atoms with van der Waals surface area (Å²) >= 11 is 6.02. The molecule has 88 valence electrons. The van der Waals surface area contributed by atoms with Crippen LogP contribution in [0, 0.1) is 0 Å². The van der Waals surface area contributed by atoms with Crippen molar-refractivity contribution in [2.24, 2.45) is 0 Å². The molecule has 3 nitrogen and oxygen atoms in total. The Morgan fingerprint density at radius 3 is 2.81 bits per heavy atom. The lowest BCUT2D eigenvalue weighted by Gasteiger charge is -2.24. The lowest BCUT2D eigenvalue weighted by molar-refractivity contribution is 0.378. The standard InChI is InChI=1S/C12H16ClNO2/c13-10-4-5-11(15)12(16)9(10)7-8-3-1-2-6-14-8/h4-5,8,14-16H,1-3,6-7H2. The van der Waals surface area contributed by atoms with E-state index in [1.165, 1.54) is 18.9 Å². The number of hydrogen-bond acceptors (Lipinski definition) is 3. The SMILES string of the molecule is Oc1ccc(Cl)c(CC2CCCCN2)c1O. The third-order valence-electron chi connectivity index (χ3n) is 3.07. The van der Waals surface area contributed by atoms with E-state index in [9.17, 15) is 10.2 Å². The highest BCUT2D eigenvalue weighted by Crippen LogP contribution is 2.35. The van der Waals surface area contributed by atoms with Gasteiger partial charge in [0.1, 0.15) is 0 Å². The fraction of sp³-hybridized carbons (Fsp3) is 0.500. The molecule has 1 atom stereocenters. The van der Waals surface area contributed by atoms with Crippen LogP contribution in [0.3, 0.4) is 0 Å². The van der Waals surface area contributed by atoms with Gasteiger partial charge < -0.3 is 15.5 Å². The molecule has 1 heterocycles. The van der Waals surface area contributed by atoms with Crippen LogP contribution in [0.25, 0.3) is 0 Å². The summed E-state index contributed by atoms with van der Waals surface area (Å²) in [6.07, 6.45) is 4.16. The Kier molecular flexibility index (Phi) is 3.56. The van der Waals surface area contributed by atoms with Crippen LogP contribution in [0.2, 0.25) is 5.02 Å². The molecule has 0 saturated carbocycles. The third-order valence-corrected chi connectivity index (χ3v) is 3.42. The van der Waals surface area contributed by atoms with E-state index in [2.05, 4.69) is 5.32 Å². The lowest BCUT2D eigenvalue weighted by atomic mass is 9.97. The van der Waals surface area contributed by atoms with Gasteiger partial charge in [-0.25, -0.2) is 0 Å². The number of rotatable bonds is 2. The van der Waals surface area contributed by atoms with Gasteiger partial charge in [-0.3, -0.25) is 0 Å². The average Bonchev–Trinajstić information content (AvgIpc) is 2.31. The number of halogens is 1. The summed E-state index contributed by atoms with van der Waals surface area (Å²) in [6, 6.07) is 3.38. The molecule has 1 aliphatic rings. The molecule has 1 saturated heterocycles. The van der Waals surface area contributed by atoms with Crippen LogP contribution < -0.4 is 5.32 Å². The Hall–Kier alpha value is -0.930. The van der Waals surface area contributed by atoms with Gasteiger partial charge in [0, 0.05) is 16.6 Å². The van der Waals surface area contributed by atoms with E-state index in [1.54, 1.807) is 6.07 Å². The molecule has 16 heavy (non-hydrogen) atoms. The highest BCUT2D eigenvalue weighted by atomic mass is 35.5. The van der Waals surface area contributed by atoms with E-state index < -0.39 is 0 Å². The maximum absolute atomic E-state index is 9.75. The Morgan fingerprint density at radius 2 is 2.12 bits per heavy atom. The predicted molar refractivity (Wildman–Crippen MR) is 64.1 cm³/mol. The Balaban J connectivity index is 2.16. The van der Waals surface area contributed by atoms with Gasteiger partial charge in [0.05, 0.1) is 0 Å². The summed E-state index contributed by atoms with van der Waals surface area (Å²) in [6.45, 7) is 1.02. The molecule has 4 heteroatoms. The molecular weight excluding hydrogens is 226 g/mol. The highest BCUT2D eigenvalue weighted by Gasteiger charge is 2.18. The fourth-order valence-electron chi connectivity index (χ4n) is 2.14. The van der Waals surface area contributed by atoms with Crippen LogP contribution in [0.1, 0.15) is 24.8 Å². The fourth-order valence-corrected chi connectivity index (χ4v) is 2.37. The first-order valence-corrected chi connectivity index (χ1v) is 5.99. The molecular formula is C12H16ClNO2. The topological polar surface area (TPSA) is 52.5 Å². The zero-order valence-electron chi connectivity index (χ0n) is 9.04. The second-order valence-corrected chi connectivity index (χ2v) is 4.65. The van der Waals surface area contributed by atoms with Crippen molar-refractivity contribution >= 4 is 11.6 Å². The van der Waals surface area contributed by atoms with E-state index in [0.29, 0.717) is 23.0 Å². The number of benzene rings is 1. The summed E-state index contributed by atoms with van der Waals surface area (Å²) in [4.78, 5) is 0. The summed E-state index contributed by atoms with van der Waals surface area (Å²) < 4.78 is 0.